The Balaban J connectivity index is 2.01. The molecule has 128 valence electrons. The third kappa shape index (κ3) is 1.93. The first-order valence-corrected chi connectivity index (χ1v) is 8.40. The van der Waals surface area contributed by atoms with Crippen LogP contribution >= 0.6 is 0 Å². The molecule has 5 nitrogen and oxygen atoms in total. The molecule has 4 rings (SSSR count). The summed E-state index contributed by atoms with van der Waals surface area (Å²) in [4.78, 5) is 27.9. The molecule has 1 saturated heterocycles. The van der Waals surface area contributed by atoms with Gasteiger partial charge in [0.15, 0.2) is 0 Å². The molecule has 2 amide bonds. The van der Waals surface area contributed by atoms with Crippen molar-refractivity contribution in [3.05, 3.63) is 59.2 Å². The summed E-state index contributed by atoms with van der Waals surface area (Å²) in [5, 5.41) is 6.32. The van der Waals surface area contributed by atoms with Crippen LogP contribution in [-0.4, -0.2) is 17.4 Å². The number of carbonyl (C=O) groups is 2. The molecular weight excluding hydrogens is 314 g/mol. The van der Waals surface area contributed by atoms with Crippen LogP contribution in [0.25, 0.3) is 0 Å². The topological polar surface area (TPSA) is 61.4 Å². The molecule has 1 unspecified atom stereocenters. The zero-order chi connectivity index (χ0) is 18.0. The standard InChI is InChI=1S/C20H21N3O2/c1-12-10-11-15-16(13(12)2)21-17(24)20(15)22-19(3,4)18(25)23(20)14-8-6-5-7-9-14/h5-11,22H,1-4H3,(H,21,24). The fourth-order valence-electron chi connectivity index (χ4n) is 3.83. The lowest BCUT2D eigenvalue weighted by molar-refractivity contribution is -0.124. The second-order valence-corrected chi connectivity index (χ2v) is 7.32. The summed E-state index contributed by atoms with van der Waals surface area (Å²) < 4.78 is 0. The first-order valence-electron chi connectivity index (χ1n) is 8.40. The van der Waals surface area contributed by atoms with E-state index in [9.17, 15) is 9.59 Å². The van der Waals surface area contributed by atoms with Crippen LogP contribution in [0.1, 0.15) is 30.5 Å². The first-order chi connectivity index (χ1) is 11.8. The van der Waals surface area contributed by atoms with E-state index in [1.807, 2.05) is 70.2 Å². The van der Waals surface area contributed by atoms with Crippen molar-refractivity contribution in [2.75, 3.05) is 10.2 Å². The molecule has 2 aromatic rings. The minimum absolute atomic E-state index is 0.125. The van der Waals surface area contributed by atoms with Gasteiger partial charge in [0.05, 0.1) is 11.2 Å². The highest BCUT2D eigenvalue weighted by atomic mass is 16.2. The zero-order valence-corrected chi connectivity index (χ0v) is 14.8. The lowest BCUT2D eigenvalue weighted by atomic mass is 9.95. The summed E-state index contributed by atoms with van der Waals surface area (Å²) in [6.45, 7) is 7.62. The number of hydrogen-bond donors (Lipinski definition) is 2. The van der Waals surface area contributed by atoms with Crippen molar-refractivity contribution >= 4 is 23.2 Å². The number of benzene rings is 2. The molecule has 2 aliphatic rings. The highest BCUT2D eigenvalue weighted by molar-refractivity contribution is 6.17. The number of carbonyl (C=O) groups excluding carboxylic acids is 2. The van der Waals surface area contributed by atoms with Crippen molar-refractivity contribution in [3.8, 4) is 0 Å². The van der Waals surface area contributed by atoms with E-state index in [1.54, 1.807) is 4.90 Å². The lowest BCUT2D eigenvalue weighted by Crippen LogP contribution is -2.56. The molecule has 25 heavy (non-hydrogen) atoms. The molecule has 1 atom stereocenters. The monoisotopic (exact) mass is 335 g/mol. The molecule has 0 saturated carbocycles. The van der Waals surface area contributed by atoms with E-state index >= 15 is 0 Å². The Morgan fingerprint density at radius 1 is 0.960 bits per heavy atom. The third-order valence-electron chi connectivity index (χ3n) is 5.27. The Morgan fingerprint density at radius 2 is 1.64 bits per heavy atom. The quantitative estimate of drug-likeness (QED) is 0.842. The number of fused-ring (bicyclic) bond motifs is 2. The van der Waals surface area contributed by atoms with Crippen molar-refractivity contribution < 1.29 is 9.59 Å². The van der Waals surface area contributed by atoms with Crippen LogP contribution in [0.3, 0.4) is 0 Å². The maximum Gasteiger partial charge on any atom is 0.270 e. The second kappa shape index (κ2) is 4.92. The van der Waals surface area contributed by atoms with Crippen molar-refractivity contribution in [2.24, 2.45) is 0 Å². The van der Waals surface area contributed by atoms with Crippen LogP contribution in [0, 0.1) is 13.8 Å². The van der Waals surface area contributed by atoms with E-state index in [0.29, 0.717) is 5.69 Å². The van der Waals surface area contributed by atoms with Crippen LogP contribution in [0.2, 0.25) is 0 Å². The van der Waals surface area contributed by atoms with Gasteiger partial charge >= 0.3 is 0 Å². The SMILES string of the molecule is Cc1ccc2c(c1C)NC(=O)C21NC(C)(C)C(=O)N1c1ccccc1. The van der Waals surface area contributed by atoms with Gasteiger partial charge in [-0.15, -0.1) is 0 Å². The van der Waals surface area contributed by atoms with Gasteiger partial charge in [0.2, 0.25) is 11.6 Å². The van der Waals surface area contributed by atoms with Crippen LogP contribution in [0.4, 0.5) is 11.4 Å². The Kier molecular flexibility index (Phi) is 3.12. The Labute approximate surface area is 147 Å². The van der Waals surface area contributed by atoms with Crippen LogP contribution in [0.5, 0.6) is 0 Å². The van der Waals surface area contributed by atoms with E-state index in [0.717, 1.165) is 22.4 Å². The molecule has 5 heteroatoms. The maximum absolute atomic E-state index is 13.2. The highest BCUT2D eigenvalue weighted by Gasteiger charge is 2.63. The molecular formula is C20H21N3O2. The van der Waals surface area contributed by atoms with E-state index in [-0.39, 0.29) is 11.8 Å². The normalized spacial score (nSPS) is 23.9. The minimum Gasteiger partial charge on any atom is -0.322 e. The van der Waals surface area contributed by atoms with Crippen LogP contribution < -0.4 is 15.5 Å². The summed E-state index contributed by atoms with van der Waals surface area (Å²) in [6, 6.07) is 13.3. The molecule has 2 aliphatic heterocycles. The van der Waals surface area contributed by atoms with Crippen molar-refractivity contribution in [3.63, 3.8) is 0 Å². The maximum atomic E-state index is 13.2. The number of aryl methyl sites for hydroxylation is 1. The van der Waals surface area contributed by atoms with Gasteiger partial charge in [-0.1, -0.05) is 30.3 Å². The Hall–Kier alpha value is -2.66. The molecule has 1 fully saturated rings. The lowest BCUT2D eigenvalue weighted by Gasteiger charge is -2.33. The Bertz CT molecular complexity index is 905. The number of amides is 2. The molecule has 0 aromatic heterocycles. The second-order valence-electron chi connectivity index (χ2n) is 7.32. The molecule has 0 radical (unpaired) electrons. The third-order valence-corrected chi connectivity index (χ3v) is 5.27. The van der Waals surface area contributed by atoms with Gasteiger partial charge in [0.1, 0.15) is 0 Å². The zero-order valence-electron chi connectivity index (χ0n) is 14.8. The number of anilines is 2. The molecule has 0 aliphatic carbocycles. The van der Waals surface area contributed by atoms with Gasteiger partial charge in [-0.2, -0.15) is 0 Å². The van der Waals surface area contributed by atoms with Gasteiger partial charge in [-0.05, 0) is 51.0 Å². The van der Waals surface area contributed by atoms with Crippen molar-refractivity contribution in [2.45, 2.75) is 38.9 Å². The van der Waals surface area contributed by atoms with Crippen molar-refractivity contribution in [1.29, 1.82) is 0 Å². The average Bonchev–Trinajstić information content (AvgIpc) is 2.97. The number of rotatable bonds is 1. The number of nitrogens with one attached hydrogen (secondary N) is 2. The summed E-state index contributed by atoms with van der Waals surface area (Å²) in [5.74, 6) is -0.348. The predicted octanol–water partition coefficient (Wildman–Crippen LogP) is 2.82. The fourth-order valence-corrected chi connectivity index (χ4v) is 3.83. The molecule has 2 N–H and O–H groups in total. The van der Waals surface area contributed by atoms with E-state index in [4.69, 9.17) is 0 Å². The average molecular weight is 335 g/mol. The largest absolute Gasteiger partial charge is 0.322 e. The smallest absolute Gasteiger partial charge is 0.270 e. The predicted molar refractivity (Wildman–Crippen MR) is 97.4 cm³/mol. The first kappa shape index (κ1) is 15.8. The van der Waals surface area contributed by atoms with Gasteiger partial charge in [-0.25, -0.2) is 0 Å². The van der Waals surface area contributed by atoms with Crippen LogP contribution in [0.15, 0.2) is 42.5 Å². The highest BCUT2D eigenvalue weighted by Crippen LogP contribution is 2.47. The number of hydrogen-bond acceptors (Lipinski definition) is 3. The van der Waals surface area contributed by atoms with Crippen LogP contribution in [-0.2, 0) is 15.3 Å². The molecule has 2 aromatic carbocycles. The van der Waals surface area contributed by atoms with Gasteiger partial charge in [0.25, 0.3) is 5.91 Å². The number of para-hydroxylation sites is 1. The van der Waals surface area contributed by atoms with E-state index in [2.05, 4.69) is 10.6 Å². The summed E-state index contributed by atoms with van der Waals surface area (Å²) in [6.07, 6.45) is 0. The van der Waals surface area contributed by atoms with E-state index in [1.165, 1.54) is 0 Å². The van der Waals surface area contributed by atoms with Crippen molar-refractivity contribution in [1.82, 2.24) is 5.32 Å². The Morgan fingerprint density at radius 3 is 2.32 bits per heavy atom. The van der Waals surface area contributed by atoms with Gasteiger partial charge in [-0.3, -0.25) is 19.8 Å². The van der Waals surface area contributed by atoms with Gasteiger partial charge in [0, 0.05) is 11.3 Å². The number of nitrogens with zero attached hydrogens (tertiary/aromatic N) is 1. The van der Waals surface area contributed by atoms with Gasteiger partial charge < -0.3 is 5.32 Å². The summed E-state index contributed by atoms with van der Waals surface area (Å²) in [5.41, 5.74) is 2.34. The minimum atomic E-state index is -1.23. The molecule has 0 bridgehead atoms. The summed E-state index contributed by atoms with van der Waals surface area (Å²) in [7, 11) is 0. The van der Waals surface area contributed by atoms with E-state index < -0.39 is 11.2 Å². The molecule has 2 heterocycles. The fraction of sp³-hybridized carbons (Fsp3) is 0.300. The molecule has 1 spiro atoms. The summed E-state index contributed by atoms with van der Waals surface area (Å²) >= 11 is 0.